The van der Waals surface area contributed by atoms with Crippen molar-refractivity contribution in [1.29, 1.82) is 0 Å². The highest BCUT2D eigenvalue weighted by atomic mass is 15.1. The number of anilines is 1. The van der Waals surface area contributed by atoms with Crippen LogP contribution < -0.4 is 4.90 Å². The van der Waals surface area contributed by atoms with Crippen molar-refractivity contribution < 1.29 is 0 Å². The van der Waals surface area contributed by atoms with Crippen LogP contribution in [0.5, 0.6) is 0 Å². The minimum Gasteiger partial charge on any atom is -0.362 e. The number of pyridine rings is 1. The molecule has 2 heteroatoms. The average molecular weight is 162 g/mol. The lowest BCUT2D eigenvalue weighted by molar-refractivity contribution is 1.06. The van der Waals surface area contributed by atoms with Crippen molar-refractivity contribution in [2.75, 3.05) is 19.0 Å². The molecule has 0 aliphatic carbocycles. The average Bonchev–Trinajstić information content (AvgIpc) is 2.03. The van der Waals surface area contributed by atoms with Crippen LogP contribution in [0.1, 0.15) is 11.1 Å². The maximum atomic E-state index is 4.26. The van der Waals surface area contributed by atoms with E-state index in [0.29, 0.717) is 0 Å². The topological polar surface area (TPSA) is 16.1 Å². The summed E-state index contributed by atoms with van der Waals surface area (Å²) in [6, 6.07) is 1.99. The molecule has 0 aromatic carbocycles. The summed E-state index contributed by atoms with van der Waals surface area (Å²) in [6.07, 6.45) is 3.66. The van der Waals surface area contributed by atoms with Gasteiger partial charge in [0.1, 0.15) is 5.82 Å². The molecule has 1 rings (SSSR count). The second kappa shape index (κ2) is 3.39. The van der Waals surface area contributed by atoms with Gasteiger partial charge in [-0.15, -0.1) is 0 Å². The Morgan fingerprint density at radius 1 is 1.50 bits per heavy atom. The molecule has 0 aliphatic rings. The zero-order valence-corrected chi connectivity index (χ0v) is 7.83. The molecule has 2 nitrogen and oxygen atoms in total. The van der Waals surface area contributed by atoms with Gasteiger partial charge >= 0.3 is 0 Å². The molecule has 64 valence electrons. The van der Waals surface area contributed by atoms with E-state index in [1.54, 1.807) is 0 Å². The smallest absolute Gasteiger partial charge is 0.135 e. The first kappa shape index (κ1) is 8.78. The van der Waals surface area contributed by atoms with Gasteiger partial charge in [-0.2, -0.15) is 0 Å². The Hall–Kier alpha value is -1.31. The molecular formula is C10H14N2. The molecule has 0 atom stereocenters. The number of nitrogens with zero attached hydrogens (tertiary/aromatic N) is 2. The molecule has 0 unspecified atom stereocenters. The van der Waals surface area contributed by atoms with Gasteiger partial charge in [0.25, 0.3) is 0 Å². The SMILES string of the molecule is C=Cc1c(C)ccnc1N(C)C. The Morgan fingerprint density at radius 2 is 2.17 bits per heavy atom. The number of rotatable bonds is 2. The summed E-state index contributed by atoms with van der Waals surface area (Å²) in [7, 11) is 3.96. The van der Waals surface area contributed by atoms with Crippen LogP contribution in [0, 0.1) is 6.92 Å². The molecule has 0 radical (unpaired) electrons. The Labute approximate surface area is 73.5 Å². The first-order chi connectivity index (χ1) is 5.66. The monoisotopic (exact) mass is 162 g/mol. The molecule has 12 heavy (non-hydrogen) atoms. The van der Waals surface area contributed by atoms with Crippen molar-refractivity contribution in [3.05, 3.63) is 30.0 Å². The van der Waals surface area contributed by atoms with Gasteiger partial charge in [-0.25, -0.2) is 4.98 Å². The van der Waals surface area contributed by atoms with Gasteiger partial charge in [0.05, 0.1) is 0 Å². The van der Waals surface area contributed by atoms with E-state index in [9.17, 15) is 0 Å². The second-order valence-corrected chi connectivity index (χ2v) is 2.96. The normalized spacial score (nSPS) is 9.58. The lowest BCUT2D eigenvalue weighted by Crippen LogP contribution is -2.12. The minimum absolute atomic E-state index is 0.977. The van der Waals surface area contributed by atoms with Gasteiger partial charge in [0.2, 0.25) is 0 Å². The van der Waals surface area contributed by atoms with Crippen LogP contribution >= 0.6 is 0 Å². The standard InChI is InChI=1S/C10H14N2/c1-5-9-8(2)6-7-11-10(9)12(3)4/h5-7H,1H2,2-4H3. The molecule has 0 saturated carbocycles. The largest absolute Gasteiger partial charge is 0.362 e. The van der Waals surface area contributed by atoms with Crippen LogP contribution in [0.15, 0.2) is 18.8 Å². The molecule has 0 fully saturated rings. The van der Waals surface area contributed by atoms with Crippen LogP contribution in [0.4, 0.5) is 5.82 Å². The van der Waals surface area contributed by atoms with Crippen LogP contribution in [-0.2, 0) is 0 Å². The fraction of sp³-hybridized carbons (Fsp3) is 0.300. The molecule has 0 spiro atoms. The fourth-order valence-corrected chi connectivity index (χ4v) is 1.16. The number of aromatic nitrogens is 1. The third kappa shape index (κ3) is 1.47. The first-order valence-corrected chi connectivity index (χ1v) is 3.92. The fourth-order valence-electron chi connectivity index (χ4n) is 1.16. The van der Waals surface area contributed by atoms with E-state index in [0.717, 1.165) is 11.4 Å². The highest BCUT2D eigenvalue weighted by Gasteiger charge is 2.04. The van der Waals surface area contributed by atoms with Crippen LogP contribution in [-0.4, -0.2) is 19.1 Å². The quantitative estimate of drug-likeness (QED) is 0.662. The van der Waals surface area contributed by atoms with Crippen molar-refractivity contribution in [1.82, 2.24) is 4.98 Å². The van der Waals surface area contributed by atoms with Gasteiger partial charge < -0.3 is 4.90 Å². The van der Waals surface area contributed by atoms with Crippen molar-refractivity contribution in [2.45, 2.75) is 6.92 Å². The maximum Gasteiger partial charge on any atom is 0.135 e. The molecular weight excluding hydrogens is 148 g/mol. The maximum absolute atomic E-state index is 4.26. The second-order valence-electron chi connectivity index (χ2n) is 2.96. The van der Waals surface area contributed by atoms with E-state index in [-0.39, 0.29) is 0 Å². The predicted molar refractivity (Wildman–Crippen MR) is 53.4 cm³/mol. The molecule has 0 aliphatic heterocycles. The van der Waals surface area contributed by atoms with Gasteiger partial charge in [-0.1, -0.05) is 12.7 Å². The zero-order chi connectivity index (χ0) is 9.14. The first-order valence-electron chi connectivity index (χ1n) is 3.92. The Kier molecular flexibility index (Phi) is 2.48. The van der Waals surface area contributed by atoms with Crippen LogP contribution in [0.2, 0.25) is 0 Å². The van der Waals surface area contributed by atoms with Crippen molar-refractivity contribution in [3.63, 3.8) is 0 Å². The molecule has 0 bridgehead atoms. The van der Waals surface area contributed by atoms with Crippen molar-refractivity contribution in [2.24, 2.45) is 0 Å². The summed E-state index contributed by atoms with van der Waals surface area (Å²) in [5.74, 6) is 0.977. The van der Waals surface area contributed by atoms with E-state index in [1.165, 1.54) is 5.56 Å². The summed E-state index contributed by atoms with van der Waals surface area (Å²) in [6.45, 7) is 5.83. The highest BCUT2D eigenvalue weighted by molar-refractivity contribution is 5.65. The van der Waals surface area contributed by atoms with Gasteiger partial charge in [-0.05, 0) is 18.6 Å². The van der Waals surface area contributed by atoms with Gasteiger partial charge in [-0.3, -0.25) is 0 Å². The van der Waals surface area contributed by atoms with E-state index >= 15 is 0 Å². The van der Waals surface area contributed by atoms with E-state index in [1.807, 2.05) is 37.3 Å². The molecule has 1 heterocycles. The Bertz CT molecular complexity index is 290. The third-order valence-electron chi connectivity index (χ3n) is 1.81. The van der Waals surface area contributed by atoms with E-state index in [2.05, 4.69) is 18.5 Å². The Balaban J connectivity index is 3.27. The van der Waals surface area contributed by atoms with E-state index < -0.39 is 0 Å². The lowest BCUT2D eigenvalue weighted by atomic mass is 10.1. The minimum atomic E-state index is 0.977. The molecule has 1 aromatic heterocycles. The van der Waals surface area contributed by atoms with E-state index in [4.69, 9.17) is 0 Å². The summed E-state index contributed by atoms with van der Waals surface area (Å²) in [5.41, 5.74) is 2.33. The Morgan fingerprint density at radius 3 is 2.58 bits per heavy atom. The number of hydrogen-bond donors (Lipinski definition) is 0. The highest BCUT2D eigenvalue weighted by Crippen LogP contribution is 2.19. The molecule has 0 amide bonds. The number of aryl methyl sites for hydroxylation is 1. The van der Waals surface area contributed by atoms with Crippen LogP contribution in [0.3, 0.4) is 0 Å². The molecule has 1 aromatic rings. The third-order valence-corrected chi connectivity index (χ3v) is 1.81. The summed E-state index contributed by atoms with van der Waals surface area (Å²) in [5, 5.41) is 0. The summed E-state index contributed by atoms with van der Waals surface area (Å²) < 4.78 is 0. The van der Waals surface area contributed by atoms with Gasteiger partial charge in [0, 0.05) is 25.9 Å². The van der Waals surface area contributed by atoms with Crippen molar-refractivity contribution >= 4 is 11.9 Å². The van der Waals surface area contributed by atoms with Gasteiger partial charge in [0.15, 0.2) is 0 Å². The molecule has 0 N–H and O–H groups in total. The lowest BCUT2D eigenvalue weighted by Gasteiger charge is -2.15. The number of hydrogen-bond acceptors (Lipinski definition) is 2. The van der Waals surface area contributed by atoms with Crippen molar-refractivity contribution in [3.8, 4) is 0 Å². The summed E-state index contributed by atoms with van der Waals surface area (Å²) in [4.78, 5) is 6.25. The predicted octanol–water partition coefficient (Wildman–Crippen LogP) is 2.10. The van der Waals surface area contributed by atoms with Crippen LogP contribution in [0.25, 0.3) is 6.08 Å². The summed E-state index contributed by atoms with van der Waals surface area (Å²) >= 11 is 0. The zero-order valence-electron chi connectivity index (χ0n) is 7.83. The molecule has 0 saturated heterocycles.